The van der Waals surface area contributed by atoms with Gasteiger partial charge in [0.05, 0.1) is 26.1 Å². The molecule has 20 heavy (non-hydrogen) atoms. The van der Waals surface area contributed by atoms with Crippen LogP contribution in [0.1, 0.15) is 12.8 Å². The summed E-state index contributed by atoms with van der Waals surface area (Å²) in [6.07, 6.45) is 2.73. The molecule has 0 bridgehead atoms. The van der Waals surface area contributed by atoms with E-state index in [1.54, 1.807) is 16.9 Å². The van der Waals surface area contributed by atoms with Gasteiger partial charge < -0.3 is 0 Å². The molecule has 4 aliphatic heterocycles. The highest BCUT2D eigenvalue weighted by Crippen LogP contribution is 2.65. The van der Waals surface area contributed by atoms with Crippen molar-refractivity contribution < 1.29 is 0 Å². The molecule has 0 aromatic rings. The second-order valence-electron chi connectivity index (χ2n) is 4.46. The second kappa shape index (κ2) is 7.45. The standard InChI is InChI=1S/C12H14S8/c1-3-13-7-8(14-4-1)18-11(17-7)12-19-9-10(20-12)16-6-2-5-15-9/h11-12H,1-6H2. The zero-order valence-corrected chi connectivity index (χ0v) is 17.2. The molecule has 0 aromatic carbocycles. The second-order valence-corrected chi connectivity index (χ2v) is 15.1. The Bertz CT molecular complexity index is 378. The lowest BCUT2D eigenvalue weighted by Gasteiger charge is -2.17. The molecule has 4 aliphatic rings. The fraction of sp³-hybridized carbons (Fsp3) is 0.667. The molecule has 0 saturated carbocycles. The normalized spacial score (nSPS) is 29.4. The molecule has 0 unspecified atom stereocenters. The molecule has 110 valence electrons. The van der Waals surface area contributed by atoms with Gasteiger partial charge in [0.15, 0.2) is 0 Å². The number of hydrogen-bond donors (Lipinski definition) is 0. The van der Waals surface area contributed by atoms with Crippen LogP contribution >= 0.6 is 94.1 Å². The molecule has 0 N–H and O–H groups in total. The van der Waals surface area contributed by atoms with Gasteiger partial charge in [-0.2, -0.15) is 0 Å². The van der Waals surface area contributed by atoms with Gasteiger partial charge in [-0.15, -0.1) is 94.1 Å². The Morgan fingerprint density at radius 3 is 1.10 bits per heavy atom. The van der Waals surface area contributed by atoms with Crippen molar-refractivity contribution in [3.63, 3.8) is 0 Å². The summed E-state index contributed by atoms with van der Waals surface area (Å²) in [6.45, 7) is 0. The van der Waals surface area contributed by atoms with Crippen molar-refractivity contribution in [1.29, 1.82) is 0 Å². The third-order valence-corrected chi connectivity index (χ3v) is 15.9. The van der Waals surface area contributed by atoms with Crippen molar-refractivity contribution >= 4 is 94.1 Å². The lowest BCUT2D eigenvalue weighted by atomic mass is 10.6. The van der Waals surface area contributed by atoms with E-state index in [0.717, 1.165) is 9.16 Å². The number of rotatable bonds is 1. The molecular weight excluding hydrogens is 401 g/mol. The highest BCUT2D eigenvalue weighted by Gasteiger charge is 2.39. The van der Waals surface area contributed by atoms with E-state index in [9.17, 15) is 0 Å². The Morgan fingerprint density at radius 1 is 0.500 bits per heavy atom. The van der Waals surface area contributed by atoms with Gasteiger partial charge >= 0.3 is 0 Å². The Hall–Kier alpha value is 2.28. The molecule has 0 fully saturated rings. The van der Waals surface area contributed by atoms with Crippen molar-refractivity contribution in [1.82, 2.24) is 0 Å². The van der Waals surface area contributed by atoms with E-state index < -0.39 is 0 Å². The van der Waals surface area contributed by atoms with E-state index in [-0.39, 0.29) is 0 Å². The van der Waals surface area contributed by atoms with Gasteiger partial charge in [-0.3, -0.25) is 0 Å². The maximum absolute atomic E-state index is 2.15. The molecule has 0 aromatic heterocycles. The molecule has 0 aliphatic carbocycles. The minimum Gasteiger partial charge on any atom is -0.118 e. The molecule has 0 atom stereocenters. The van der Waals surface area contributed by atoms with Crippen LogP contribution in [0.15, 0.2) is 16.9 Å². The van der Waals surface area contributed by atoms with Crippen LogP contribution in [0.3, 0.4) is 0 Å². The van der Waals surface area contributed by atoms with Gasteiger partial charge in [-0.05, 0) is 35.9 Å². The number of hydrogen-bond acceptors (Lipinski definition) is 8. The maximum Gasteiger partial charge on any atom is 0.0825 e. The first-order chi connectivity index (χ1) is 9.90. The predicted octanol–water partition coefficient (Wildman–Crippen LogP) is 6.59. The van der Waals surface area contributed by atoms with Crippen molar-refractivity contribution in [2.45, 2.75) is 22.0 Å². The summed E-state index contributed by atoms with van der Waals surface area (Å²) >= 11 is 17.0. The fourth-order valence-electron chi connectivity index (χ4n) is 2.03. The Labute approximate surface area is 154 Å². The van der Waals surface area contributed by atoms with E-state index >= 15 is 0 Å². The van der Waals surface area contributed by atoms with Gasteiger partial charge in [0.25, 0.3) is 0 Å². The summed E-state index contributed by atoms with van der Waals surface area (Å²) < 4.78 is 7.97. The quantitative estimate of drug-likeness (QED) is 0.465. The molecule has 8 heteroatoms. The van der Waals surface area contributed by atoms with Crippen molar-refractivity contribution in [3.8, 4) is 0 Å². The van der Waals surface area contributed by atoms with Gasteiger partial charge in [0.2, 0.25) is 0 Å². The van der Waals surface area contributed by atoms with E-state index in [4.69, 9.17) is 0 Å². The first-order valence-corrected chi connectivity index (χ1v) is 14.0. The molecule has 0 spiro atoms. The van der Waals surface area contributed by atoms with Crippen LogP contribution in [0.5, 0.6) is 0 Å². The minimum absolute atomic E-state index is 0.723. The van der Waals surface area contributed by atoms with Gasteiger partial charge in [0, 0.05) is 0 Å². The number of thioether (sulfide) groups is 8. The molecule has 0 amide bonds. The lowest BCUT2D eigenvalue weighted by molar-refractivity contribution is 1.13. The molecule has 0 saturated heterocycles. The Morgan fingerprint density at radius 2 is 0.800 bits per heavy atom. The molecule has 0 radical (unpaired) electrons. The average Bonchev–Trinajstić information content (AvgIpc) is 2.89. The topological polar surface area (TPSA) is 0 Å². The summed E-state index contributed by atoms with van der Waals surface area (Å²) in [6, 6.07) is 0. The van der Waals surface area contributed by atoms with Gasteiger partial charge in [-0.1, -0.05) is 0 Å². The highest BCUT2D eigenvalue weighted by atomic mass is 32.3. The van der Waals surface area contributed by atoms with Gasteiger partial charge in [0.1, 0.15) is 0 Å². The fourth-order valence-corrected chi connectivity index (χ4v) is 15.9. The summed E-state index contributed by atoms with van der Waals surface area (Å²) in [5.41, 5.74) is 0. The maximum atomic E-state index is 2.15. The van der Waals surface area contributed by atoms with Crippen LogP contribution in [0.4, 0.5) is 0 Å². The highest BCUT2D eigenvalue weighted by molar-refractivity contribution is 8.42. The van der Waals surface area contributed by atoms with Crippen LogP contribution < -0.4 is 0 Å². The minimum atomic E-state index is 0.723. The van der Waals surface area contributed by atoms with Crippen LogP contribution in [-0.4, -0.2) is 32.2 Å². The van der Waals surface area contributed by atoms with E-state index in [2.05, 4.69) is 94.1 Å². The van der Waals surface area contributed by atoms with E-state index in [1.165, 1.54) is 35.9 Å². The van der Waals surface area contributed by atoms with E-state index in [0.29, 0.717) is 0 Å². The third kappa shape index (κ3) is 3.52. The van der Waals surface area contributed by atoms with Crippen LogP contribution in [0, 0.1) is 0 Å². The van der Waals surface area contributed by atoms with E-state index in [1.807, 2.05) is 0 Å². The van der Waals surface area contributed by atoms with Gasteiger partial charge in [-0.25, -0.2) is 0 Å². The summed E-state index contributed by atoms with van der Waals surface area (Å²) in [7, 11) is 0. The van der Waals surface area contributed by atoms with Crippen molar-refractivity contribution in [2.24, 2.45) is 0 Å². The van der Waals surface area contributed by atoms with Crippen LogP contribution in [-0.2, 0) is 0 Å². The third-order valence-electron chi connectivity index (χ3n) is 2.96. The monoisotopic (exact) mass is 414 g/mol. The molecular formula is C12H14S8. The summed E-state index contributed by atoms with van der Waals surface area (Å²) in [5, 5.41) is 0. The summed E-state index contributed by atoms with van der Waals surface area (Å²) in [4.78, 5) is 0. The largest absolute Gasteiger partial charge is 0.118 e. The smallest absolute Gasteiger partial charge is 0.0825 e. The van der Waals surface area contributed by atoms with Crippen molar-refractivity contribution in [2.75, 3.05) is 23.0 Å². The molecule has 4 heterocycles. The Balaban J connectivity index is 1.40. The molecule has 4 rings (SSSR count). The van der Waals surface area contributed by atoms with Crippen LogP contribution in [0.25, 0.3) is 0 Å². The summed E-state index contributed by atoms with van der Waals surface area (Å²) in [5.74, 6) is 5.27. The Kier molecular flexibility index (Phi) is 5.88. The molecule has 0 nitrogen and oxygen atoms in total. The SMILES string of the molecule is C1CSC2=C(SC1)SC(C1SC3=C(SCCCS3)S1)S2. The average molecular weight is 415 g/mol. The van der Waals surface area contributed by atoms with Crippen LogP contribution in [0.2, 0.25) is 0 Å². The first-order valence-electron chi connectivity index (χ1n) is 6.56. The zero-order chi connectivity index (χ0) is 13.4. The zero-order valence-electron chi connectivity index (χ0n) is 10.7. The van der Waals surface area contributed by atoms with Crippen molar-refractivity contribution in [3.05, 3.63) is 16.9 Å². The lowest BCUT2D eigenvalue weighted by Crippen LogP contribution is -2.07. The first kappa shape index (κ1) is 15.8. The predicted molar refractivity (Wildman–Crippen MR) is 111 cm³/mol.